The van der Waals surface area contributed by atoms with Crippen LogP contribution >= 0.6 is 0 Å². The molecular weight excluding hydrogens is 410 g/mol. The smallest absolute Gasteiger partial charge is 0.338 e. The summed E-state index contributed by atoms with van der Waals surface area (Å²) in [6, 6.07) is 14.2. The summed E-state index contributed by atoms with van der Waals surface area (Å²) in [4.78, 5) is 26.2. The maximum absolute atomic E-state index is 12.2. The van der Waals surface area contributed by atoms with Crippen LogP contribution in [0.25, 0.3) is 0 Å². The summed E-state index contributed by atoms with van der Waals surface area (Å²) in [5.41, 5.74) is 9.00. The zero-order chi connectivity index (χ0) is 23.5. The summed E-state index contributed by atoms with van der Waals surface area (Å²) in [5.74, 6) is -0.734. The van der Waals surface area contributed by atoms with E-state index in [2.05, 4.69) is 10.9 Å². The number of hydrogen-bond donors (Lipinski definition) is 2. The Hall–Kier alpha value is -3.14. The van der Waals surface area contributed by atoms with Crippen LogP contribution < -0.4 is 10.9 Å². The van der Waals surface area contributed by atoms with Crippen LogP contribution in [0.2, 0.25) is 0 Å². The van der Waals surface area contributed by atoms with E-state index < -0.39 is 0 Å². The summed E-state index contributed by atoms with van der Waals surface area (Å²) in [7, 11) is 9.44. The molecule has 0 aliphatic heterocycles. The van der Waals surface area contributed by atoms with Crippen LogP contribution in [0.3, 0.4) is 0 Å². The number of anilines is 2. The second-order valence-corrected chi connectivity index (χ2v) is 7.74. The minimum atomic E-state index is -0.367. The van der Waals surface area contributed by atoms with Crippen molar-refractivity contribution in [3.8, 4) is 0 Å². The molecule has 32 heavy (non-hydrogen) atoms. The second kappa shape index (κ2) is 12.7. The highest BCUT2D eigenvalue weighted by molar-refractivity contribution is 5.90. The number of carbonyl (C=O) groups is 2. The van der Waals surface area contributed by atoms with Crippen molar-refractivity contribution in [1.82, 2.24) is 14.9 Å². The van der Waals surface area contributed by atoms with Gasteiger partial charge in [-0.3, -0.25) is 4.90 Å². The van der Waals surface area contributed by atoms with E-state index in [0.29, 0.717) is 24.2 Å². The number of benzene rings is 2. The van der Waals surface area contributed by atoms with E-state index in [4.69, 9.17) is 9.47 Å². The normalized spacial score (nSPS) is 11.0. The van der Waals surface area contributed by atoms with E-state index in [-0.39, 0.29) is 25.2 Å². The molecule has 2 aromatic carbocycles. The van der Waals surface area contributed by atoms with Gasteiger partial charge in [0.1, 0.15) is 13.2 Å². The minimum absolute atomic E-state index is 0.251. The van der Waals surface area contributed by atoms with Gasteiger partial charge < -0.3 is 20.3 Å². The molecule has 2 aromatic rings. The van der Waals surface area contributed by atoms with Crippen molar-refractivity contribution in [2.24, 2.45) is 0 Å². The van der Waals surface area contributed by atoms with Crippen molar-refractivity contribution in [3.05, 3.63) is 59.7 Å². The fourth-order valence-electron chi connectivity index (χ4n) is 2.74. The molecule has 2 rings (SSSR count). The van der Waals surface area contributed by atoms with Crippen LogP contribution in [0.4, 0.5) is 11.4 Å². The van der Waals surface area contributed by atoms with Crippen LogP contribution in [0, 0.1) is 0 Å². The molecule has 9 heteroatoms. The molecule has 2 N–H and O–H groups in total. The number of rotatable bonds is 12. The predicted octanol–water partition coefficient (Wildman–Crippen LogP) is 2.41. The number of nitrogens with zero attached hydrogens (tertiary/aromatic N) is 3. The summed E-state index contributed by atoms with van der Waals surface area (Å²) in [5, 5.41) is 3.64. The van der Waals surface area contributed by atoms with Crippen LogP contribution in [-0.2, 0) is 9.47 Å². The predicted molar refractivity (Wildman–Crippen MR) is 126 cm³/mol. The first-order chi connectivity index (χ1) is 15.2. The van der Waals surface area contributed by atoms with Crippen LogP contribution in [0.1, 0.15) is 20.7 Å². The number of hydrogen-bond acceptors (Lipinski definition) is 9. The van der Waals surface area contributed by atoms with Crippen molar-refractivity contribution >= 4 is 23.3 Å². The molecule has 0 saturated heterocycles. The number of hydrazine groups is 2. The average molecular weight is 444 g/mol. The van der Waals surface area contributed by atoms with Gasteiger partial charge >= 0.3 is 11.9 Å². The van der Waals surface area contributed by atoms with E-state index in [1.807, 2.05) is 74.4 Å². The van der Waals surface area contributed by atoms with E-state index in [9.17, 15) is 9.59 Å². The van der Waals surface area contributed by atoms with Gasteiger partial charge in [-0.05, 0) is 55.6 Å². The number of ether oxygens (including phenoxy) is 2. The molecule has 0 atom stereocenters. The highest BCUT2D eigenvalue weighted by Crippen LogP contribution is 2.12. The molecule has 0 aliphatic rings. The van der Waals surface area contributed by atoms with E-state index in [0.717, 1.165) is 11.4 Å². The van der Waals surface area contributed by atoms with Crippen molar-refractivity contribution in [2.75, 3.05) is 72.4 Å². The quantitative estimate of drug-likeness (QED) is 0.379. The van der Waals surface area contributed by atoms with Crippen molar-refractivity contribution in [2.45, 2.75) is 0 Å². The molecule has 0 spiro atoms. The maximum atomic E-state index is 12.2. The highest BCUT2D eigenvalue weighted by Gasteiger charge is 2.10. The third-order valence-electron chi connectivity index (χ3n) is 4.36. The molecule has 0 radical (unpaired) electrons. The Morgan fingerprint density at radius 2 is 1.00 bits per heavy atom. The Morgan fingerprint density at radius 1 is 0.656 bits per heavy atom. The average Bonchev–Trinajstić information content (AvgIpc) is 2.73. The molecule has 0 saturated carbocycles. The zero-order valence-electron chi connectivity index (χ0n) is 19.4. The maximum Gasteiger partial charge on any atom is 0.338 e. The van der Waals surface area contributed by atoms with Gasteiger partial charge in [-0.25, -0.2) is 19.6 Å². The number of likely N-dealkylation sites (N-methyl/N-ethyl adjacent to an activating group) is 1. The van der Waals surface area contributed by atoms with Gasteiger partial charge in [0.25, 0.3) is 0 Å². The van der Waals surface area contributed by atoms with Gasteiger partial charge in [0.05, 0.1) is 11.1 Å². The van der Waals surface area contributed by atoms with E-state index in [1.54, 1.807) is 24.3 Å². The third kappa shape index (κ3) is 8.93. The summed E-state index contributed by atoms with van der Waals surface area (Å²) in [6.07, 6.45) is 0. The number of esters is 2. The van der Waals surface area contributed by atoms with Gasteiger partial charge in [-0.1, -0.05) is 0 Å². The van der Waals surface area contributed by atoms with Gasteiger partial charge in [-0.15, -0.1) is 0 Å². The monoisotopic (exact) mass is 443 g/mol. The lowest BCUT2D eigenvalue weighted by Gasteiger charge is -2.17. The van der Waals surface area contributed by atoms with Gasteiger partial charge in [0.15, 0.2) is 0 Å². The molecular formula is C23H33N5O4. The first-order valence-electron chi connectivity index (χ1n) is 10.4. The molecule has 9 nitrogen and oxygen atoms in total. The first-order valence-corrected chi connectivity index (χ1v) is 10.4. The third-order valence-corrected chi connectivity index (χ3v) is 4.36. The largest absolute Gasteiger partial charge is 0.461 e. The second-order valence-electron chi connectivity index (χ2n) is 7.74. The van der Waals surface area contributed by atoms with Crippen molar-refractivity contribution in [3.63, 3.8) is 0 Å². The van der Waals surface area contributed by atoms with Crippen molar-refractivity contribution < 1.29 is 19.1 Å². The molecule has 0 fully saturated rings. The standard InChI is InChI=1S/C23H33N5O4/c1-26(2)24-20-10-6-18(7-11-20)22(29)31-16-14-28(5)15-17-32-23(30)19-8-12-21(13-9-19)25-27(3)4/h6-13,24-25H,14-17H2,1-5H3. The fraction of sp³-hybridized carbons (Fsp3) is 0.391. The first kappa shape index (κ1) is 25.1. The number of carbonyl (C=O) groups excluding carboxylic acids is 2. The summed E-state index contributed by atoms with van der Waals surface area (Å²) >= 11 is 0. The highest BCUT2D eigenvalue weighted by atomic mass is 16.5. The molecule has 174 valence electrons. The molecule has 0 amide bonds. The van der Waals surface area contributed by atoms with Crippen LogP contribution in [0.15, 0.2) is 48.5 Å². The van der Waals surface area contributed by atoms with Gasteiger partial charge in [0.2, 0.25) is 0 Å². The Bertz CT molecular complexity index is 782. The summed E-state index contributed by atoms with van der Waals surface area (Å²) in [6.45, 7) is 1.57. The Morgan fingerprint density at radius 3 is 1.31 bits per heavy atom. The van der Waals surface area contributed by atoms with E-state index >= 15 is 0 Å². The Kier molecular flexibility index (Phi) is 9.93. The number of nitrogens with one attached hydrogen (secondary N) is 2. The van der Waals surface area contributed by atoms with Crippen molar-refractivity contribution in [1.29, 1.82) is 0 Å². The topological polar surface area (TPSA) is 86.4 Å². The van der Waals surface area contributed by atoms with Gasteiger partial charge in [0, 0.05) is 52.7 Å². The minimum Gasteiger partial charge on any atom is -0.461 e. The molecule has 0 aromatic heterocycles. The van der Waals surface area contributed by atoms with E-state index in [1.165, 1.54) is 0 Å². The zero-order valence-corrected chi connectivity index (χ0v) is 19.4. The van der Waals surface area contributed by atoms with Crippen LogP contribution in [0.5, 0.6) is 0 Å². The van der Waals surface area contributed by atoms with Gasteiger partial charge in [-0.2, -0.15) is 0 Å². The Labute approximate surface area is 189 Å². The fourth-order valence-corrected chi connectivity index (χ4v) is 2.74. The lowest BCUT2D eigenvalue weighted by atomic mass is 10.2. The molecule has 0 bridgehead atoms. The molecule has 0 heterocycles. The summed E-state index contributed by atoms with van der Waals surface area (Å²) < 4.78 is 10.7. The lowest BCUT2D eigenvalue weighted by Crippen LogP contribution is -2.28. The Balaban J connectivity index is 1.65. The molecule has 0 unspecified atom stereocenters. The van der Waals surface area contributed by atoms with Crippen LogP contribution in [-0.4, -0.2) is 88.4 Å². The SMILES string of the molecule is CN(CCOC(=O)c1ccc(NN(C)C)cc1)CCOC(=O)c1ccc(NN(C)C)cc1. The lowest BCUT2D eigenvalue weighted by molar-refractivity contribution is 0.0419. The molecule has 0 aliphatic carbocycles.